The number of para-hydroxylation sites is 2. The fraction of sp³-hybridized carbons (Fsp3) is 0.262. The van der Waals surface area contributed by atoms with Gasteiger partial charge in [-0.1, -0.05) is 339 Å². The number of hydrogen-bond donors (Lipinski definition) is 0. The maximum absolute atomic E-state index is 11.8. The summed E-state index contributed by atoms with van der Waals surface area (Å²) in [6.07, 6.45) is 0. The molecule has 0 amide bonds. The molecule has 0 fully saturated rings. The highest BCUT2D eigenvalue weighted by Crippen LogP contribution is 2.55. The van der Waals surface area contributed by atoms with Gasteiger partial charge in [-0.05, 0) is 222 Å². The van der Waals surface area contributed by atoms with Gasteiger partial charge in [-0.3, -0.25) is 0 Å². The first kappa shape index (κ1) is 68.8. The number of aromatic nitrogens is 1. The lowest BCUT2D eigenvalue weighted by atomic mass is 9.33. The quantitative estimate of drug-likeness (QED) is 0.135. The summed E-state index contributed by atoms with van der Waals surface area (Å²) in [5.41, 5.74) is 30.1. The van der Waals surface area contributed by atoms with Crippen molar-refractivity contribution in [2.75, 3.05) is 9.80 Å². The van der Waals surface area contributed by atoms with Crippen molar-refractivity contribution >= 4 is 79.0 Å². The molecule has 16 rings (SSSR count). The van der Waals surface area contributed by atoms with E-state index in [-0.39, 0.29) is 62.2 Å². The van der Waals surface area contributed by atoms with E-state index in [4.69, 9.17) is 4.11 Å². The molecule has 2 aliphatic rings. The number of anilines is 6. The molecule has 5 heteroatoms. The molecule has 0 bridgehead atoms. The molecule has 0 atom stereocenters. The molecule has 14 aromatic rings. The SMILES string of the molecule is [2H]c1c([2H])c([2H])c(-c2cccc(-c3cc(C(C)(C)C)cc(-c4ccccc4)c3N3c4cc(-c5cc(C(C)(C)C)cc(C(C)(C)C)c5)ccc4B4c5ccc(-c6cc(C(C)(C)C)cc(C(C)(C)C)c6)cc5N(c5cc(C#N)cc(-n6c7ccccc7c7ccccc76)c5)c5cc(-c6cc(C(C)(C)C)cc(C(C)(C)C)c6)cc3c54)c2)c([2H])c1[2H]. The lowest BCUT2D eigenvalue weighted by molar-refractivity contribution is 0.568. The average Bonchev–Trinajstić information content (AvgIpc) is 0.916. The van der Waals surface area contributed by atoms with Gasteiger partial charge in [0, 0.05) is 56.0 Å². The van der Waals surface area contributed by atoms with E-state index in [1.54, 1.807) is 0 Å². The summed E-state index contributed by atoms with van der Waals surface area (Å²) in [5.74, 6) is 0. The predicted molar refractivity (Wildman–Crippen MR) is 483 cm³/mol. The minimum atomic E-state index is -0.437. The van der Waals surface area contributed by atoms with Crippen LogP contribution in [0.1, 0.15) is 197 Å². The van der Waals surface area contributed by atoms with Crippen LogP contribution < -0.4 is 26.2 Å². The number of nitrogens with zero attached hydrogens (tertiary/aromatic N) is 4. The number of benzene rings is 13. The summed E-state index contributed by atoms with van der Waals surface area (Å²) < 4.78 is 48.1. The summed E-state index contributed by atoms with van der Waals surface area (Å²) in [6.45, 7) is 48.0. The van der Waals surface area contributed by atoms with Crippen molar-refractivity contribution in [3.8, 4) is 78.5 Å². The van der Waals surface area contributed by atoms with Crippen molar-refractivity contribution in [3.63, 3.8) is 0 Å². The molecule has 0 saturated heterocycles. The van der Waals surface area contributed by atoms with Crippen LogP contribution in [0.2, 0.25) is 0 Å². The Bertz CT molecular complexity index is 6280. The van der Waals surface area contributed by atoms with Gasteiger partial charge in [-0.15, -0.1) is 0 Å². The van der Waals surface area contributed by atoms with Crippen LogP contribution in [0.25, 0.3) is 94.3 Å². The normalized spacial score (nSPS) is 14.0. The van der Waals surface area contributed by atoms with E-state index in [1.165, 1.54) is 33.4 Å². The summed E-state index contributed by atoms with van der Waals surface area (Å²) in [4.78, 5) is 5.09. The van der Waals surface area contributed by atoms with Crippen molar-refractivity contribution in [3.05, 3.63) is 311 Å². The zero-order valence-corrected chi connectivity index (χ0v) is 69.4. The minimum Gasteiger partial charge on any atom is -0.311 e. The van der Waals surface area contributed by atoms with Gasteiger partial charge >= 0.3 is 0 Å². The minimum absolute atomic E-state index is 0.136. The number of hydrogen-bond acceptors (Lipinski definition) is 3. The van der Waals surface area contributed by atoms with E-state index < -0.39 is 18.2 Å². The lowest BCUT2D eigenvalue weighted by Gasteiger charge is -2.45. The highest BCUT2D eigenvalue weighted by molar-refractivity contribution is 7.00. The molecule has 0 aliphatic carbocycles. The standard InChI is InChI=1S/C107H107BN4/c1-101(2,3)78-50-74(51-79(60-78)102(4,5)6)71-43-45-91-95(56-71)111(86-48-67(66-109)47-85(65-86)110-93-41-30-28-39-87(93)88-40-29-31-42-94(88)110)97-58-77(76-54-82(105(13,14)15)62-83(55-76)106(16,17)18)59-98-99(97)108(91)92-46-44-72(75-52-80(103(7,8)9)61-81(53-75)104(10,11)12)57-96(92)112(98)100-89(69-35-26-23-27-36-69)63-84(107(19,20)21)64-90(100)73-38-32-37-70(49-73)68-33-24-22-25-34-68/h22-65H,1-21H3/i22D,24D,25D,33D,34D. The smallest absolute Gasteiger partial charge is 0.252 e. The van der Waals surface area contributed by atoms with Crippen LogP contribution in [-0.4, -0.2) is 11.3 Å². The molecule has 0 radical (unpaired) electrons. The molecule has 4 nitrogen and oxygen atoms in total. The largest absolute Gasteiger partial charge is 0.311 e. The Labute approximate surface area is 674 Å². The fourth-order valence-corrected chi connectivity index (χ4v) is 16.7. The second kappa shape index (κ2) is 27.1. The van der Waals surface area contributed by atoms with Crippen LogP contribution in [-0.2, 0) is 37.9 Å². The number of fused-ring (bicyclic) bond motifs is 7. The molecule has 0 saturated carbocycles. The van der Waals surface area contributed by atoms with Crippen LogP contribution in [0, 0.1) is 11.3 Å². The molecule has 0 N–H and O–H groups in total. The number of nitriles is 1. The Kier molecular flexibility index (Phi) is 16.6. The Morgan fingerprint density at radius 3 is 1.12 bits per heavy atom. The zero-order chi connectivity index (χ0) is 83.6. The van der Waals surface area contributed by atoms with Gasteiger partial charge in [-0.2, -0.15) is 5.26 Å². The van der Waals surface area contributed by atoms with Gasteiger partial charge in [0.05, 0.1) is 35.2 Å². The molecule has 112 heavy (non-hydrogen) atoms. The van der Waals surface area contributed by atoms with Gasteiger partial charge in [0.25, 0.3) is 6.71 Å². The van der Waals surface area contributed by atoms with E-state index in [1.807, 2.05) is 24.3 Å². The second-order valence-electron chi connectivity index (χ2n) is 38.8. The summed E-state index contributed by atoms with van der Waals surface area (Å²) in [5, 5.41) is 14.0. The van der Waals surface area contributed by atoms with Gasteiger partial charge in [0.1, 0.15) is 0 Å². The lowest BCUT2D eigenvalue weighted by Crippen LogP contribution is -2.61. The predicted octanol–water partition coefficient (Wildman–Crippen LogP) is 27.8. The van der Waals surface area contributed by atoms with Crippen molar-refractivity contribution < 1.29 is 6.85 Å². The third-order valence-corrected chi connectivity index (χ3v) is 23.4. The number of rotatable bonds is 9. The Hall–Kier alpha value is -11.2. The first-order valence-electron chi connectivity index (χ1n) is 42.5. The van der Waals surface area contributed by atoms with E-state index in [0.717, 1.165) is 139 Å². The van der Waals surface area contributed by atoms with E-state index in [2.05, 4.69) is 378 Å². The second-order valence-corrected chi connectivity index (χ2v) is 38.8. The maximum Gasteiger partial charge on any atom is 0.252 e. The first-order chi connectivity index (χ1) is 54.9. The van der Waals surface area contributed by atoms with Crippen molar-refractivity contribution in [2.45, 2.75) is 183 Å². The molecule has 558 valence electrons. The van der Waals surface area contributed by atoms with E-state index in [9.17, 15) is 8.00 Å². The molecule has 3 heterocycles. The third-order valence-electron chi connectivity index (χ3n) is 23.4. The van der Waals surface area contributed by atoms with Crippen molar-refractivity contribution in [1.82, 2.24) is 4.57 Å². The molecule has 2 aliphatic heterocycles. The topological polar surface area (TPSA) is 35.2 Å². The van der Waals surface area contributed by atoms with E-state index >= 15 is 0 Å². The molecular formula is C107H107BN4. The average molecular weight is 1460 g/mol. The molecule has 0 unspecified atom stereocenters. The van der Waals surface area contributed by atoms with Gasteiger partial charge in [0.2, 0.25) is 0 Å². The Morgan fingerprint density at radius 2 is 0.661 bits per heavy atom. The van der Waals surface area contributed by atoms with Crippen LogP contribution in [0.15, 0.2) is 267 Å². The Balaban J connectivity index is 1.12. The summed E-state index contributed by atoms with van der Waals surface area (Å²) in [6, 6.07) is 89.3. The Morgan fingerprint density at radius 1 is 0.295 bits per heavy atom. The maximum atomic E-state index is 11.8. The fourth-order valence-electron chi connectivity index (χ4n) is 16.7. The van der Waals surface area contributed by atoms with Crippen LogP contribution in [0.4, 0.5) is 34.1 Å². The zero-order valence-electron chi connectivity index (χ0n) is 74.4. The van der Waals surface area contributed by atoms with Crippen LogP contribution in [0.5, 0.6) is 0 Å². The summed E-state index contributed by atoms with van der Waals surface area (Å²) in [7, 11) is 0. The van der Waals surface area contributed by atoms with Crippen LogP contribution in [0.3, 0.4) is 0 Å². The van der Waals surface area contributed by atoms with Crippen LogP contribution >= 0.6 is 0 Å². The van der Waals surface area contributed by atoms with Crippen molar-refractivity contribution in [2.24, 2.45) is 0 Å². The van der Waals surface area contributed by atoms with Gasteiger partial charge in [-0.25, -0.2) is 0 Å². The monoisotopic (exact) mass is 1460 g/mol. The van der Waals surface area contributed by atoms with E-state index in [0.29, 0.717) is 11.1 Å². The molecule has 1 aromatic heterocycles. The van der Waals surface area contributed by atoms with Gasteiger partial charge < -0.3 is 14.4 Å². The molecular weight excluding hydrogens is 1350 g/mol. The van der Waals surface area contributed by atoms with Crippen molar-refractivity contribution in [1.29, 1.82) is 5.26 Å². The molecule has 0 spiro atoms. The highest BCUT2D eigenvalue weighted by Gasteiger charge is 2.46. The summed E-state index contributed by atoms with van der Waals surface area (Å²) >= 11 is 0. The molecule has 13 aromatic carbocycles. The third kappa shape index (κ3) is 13.7. The first-order valence-corrected chi connectivity index (χ1v) is 40.0. The van der Waals surface area contributed by atoms with Gasteiger partial charge in [0.15, 0.2) is 0 Å². The highest BCUT2D eigenvalue weighted by atomic mass is 15.2.